The minimum atomic E-state index is 0.475. The maximum atomic E-state index is 2.45. The van der Waals surface area contributed by atoms with Gasteiger partial charge in [0.2, 0.25) is 0 Å². The molecule has 0 spiro atoms. The normalized spacial score (nSPS) is 29.1. The molecular formula is C19H30. The summed E-state index contributed by atoms with van der Waals surface area (Å²) in [5, 5.41) is 0. The van der Waals surface area contributed by atoms with Gasteiger partial charge in [0.05, 0.1) is 0 Å². The van der Waals surface area contributed by atoms with E-state index in [1.807, 2.05) is 0 Å². The smallest absolute Gasteiger partial charge is 0.00442 e. The zero-order valence-electron chi connectivity index (χ0n) is 13.0. The minimum absolute atomic E-state index is 0.475. The molecule has 0 saturated heterocycles. The fourth-order valence-corrected chi connectivity index (χ4v) is 3.98. The molecular weight excluding hydrogens is 228 g/mol. The third-order valence-corrected chi connectivity index (χ3v) is 5.14. The molecule has 0 heterocycles. The first kappa shape index (κ1) is 14.6. The molecule has 1 aromatic rings. The Morgan fingerprint density at radius 3 is 2.37 bits per heavy atom. The lowest BCUT2D eigenvalue weighted by Gasteiger charge is -2.42. The summed E-state index contributed by atoms with van der Waals surface area (Å²) in [5.41, 5.74) is 2.08. The van der Waals surface area contributed by atoms with Crippen molar-refractivity contribution in [3.8, 4) is 0 Å². The molecule has 1 fully saturated rings. The lowest BCUT2D eigenvalue weighted by Crippen LogP contribution is -2.33. The van der Waals surface area contributed by atoms with E-state index in [0.717, 1.165) is 11.8 Å². The summed E-state index contributed by atoms with van der Waals surface area (Å²) in [7, 11) is 0. The van der Waals surface area contributed by atoms with Crippen LogP contribution in [0.15, 0.2) is 30.3 Å². The van der Waals surface area contributed by atoms with E-state index >= 15 is 0 Å². The van der Waals surface area contributed by atoms with Crippen molar-refractivity contribution in [2.45, 2.75) is 71.1 Å². The molecule has 1 aliphatic rings. The Bertz CT molecular complexity index is 357. The van der Waals surface area contributed by atoms with E-state index < -0.39 is 0 Å². The van der Waals surface area contributed by atoms with Gasteiger partial charge in [-0.05, 0) is 54.9 Å². The summed E-state index contributed by atoms with van der Waals surface area (Å²) < 4.78 is 0. The van der Waals surface area contributed by atoms with Crippen LogP contribution in [0, 0.1) is 11.8 Å². The van der Waals surface area contributed by atoms with Crippen molar-refractivity contribution in [1.29, 1.82) is 0 Å². The standard InChI is InChI=1S/C19H30/c1-4-8-17(3)15-19(13-11-16(2)12-14-19)18-9-6-5-7-10-18/h5-7,9-10,16-17H,4,8,11-15H2,1-3H3. The van der Waals surface area contributed by atoms with Gasteiger partial charge in [-0.1, -0.05) is 63.9 Å². The monoisotopic (exact) mass is 258 g/mol. The van der Waals surface area contributed by atoms with Crippen molar-refractivity contribution in [2.75, 3.05) is 0 Å². The molecule has 1 aromatic carbocycles. The molecule has 0 bridgehead atoms. The molecule has 1 atom stereocenters. The Kier molecular flexibility index (Phi) is 5.07. The van der Waals surface area contributed by atoms with E-state index in [2.05, 4.69) is 51.1 Å². The van der Waals surface area contributed by atoms with Gasteiger partial charge in [0.25, 0.3) is 0 Å². The van der Waals surface area contributed by atoms with Crippen LogP contribution in [0.1, 0.15) is 71.3 Å². The third kappa shape index (κ3) is 3.61. The highest BCUT2D eigenvalue weighted by atomic mass is 14.4. The van der Waals surface area contributed by atoms with Gasteiger partial charge in [-0.15, -0.1) is 0 Å². The Labute approximate surface area is 119 Å². The van der Waals surface area contributed by atoms with Crippen LogP contribution in [0.25, 0.3) is 0 Å². The molecule has 19 heavy (non-hydrogen) atoms. The first-order valence-corrected chi connectivity index (χ1v) is 8.22. The molecule has 0 aromatic heterocycles. The summed E-state index contributed by atoms with van der Waals surface area (Å²) in [6, 6.07) is 11.3. The Morgan fingerprint density at radius 1 is 1.16 bits per heavy atom. The number of hydrogen-bond donors (Lipinski definition) is 0. The summed E-state index contributed by atoms with van der Waals surface area (Å²) >= 11 is 0. The van der Waals surface area contributed by atoms with Gasteiger partial charge in [0.1, 0.15) is 0 Å². The Balaban J connectivity index is 2.18. The lowest BCUT2D eigenvalue weighted by molar-refractivity contribution is 0.199. The molecule has 1 unspecified atom stereocenters. The highest BCUT2D eigenvalue weighted by Crippen LogP contribution is 2.46. The average molecular weight is 258 g/mol. The molecule has 0 radical (unpaired) electrons. The van der Waals surface area contributed by atoms with Gasteiger partial charge in [0.15, 0.2) is 0 Å². The van der Waals surface area contributed by atoms with Crippen molar-refractivity contribution in [1.82, 2.24) is 0 Å². The molecule has 106 valence electrons. The van der Waals surface area contributed by atoms with Crippen molar-refractivity contribution in [3.05, 3.63) is 35.9 Å². The van der Waals surface area contributed by atoms with Gasteiger partial charge < -0.3 is 0 Å². The molecule has 1 saturated carbocycles. The molecule has 0 aliphatic heterocycles. The van der Waals surface area contributed by atoms with Crippen LogP contribution in [0.2, 0.25) is 0 Å². The fourth-order valence-electron chi connectivity index (χ4n) is 3.98. The van der Waals surface area contributed by atoms with Gasteiger partial charge in [-0.2, -0.15) is 0 Å². The summed E-state index contributed by atoms with van der Waals surface area (Å²) in [6.07, 6.45) is 9.70. The topological polar surface area (TPSA) is 0 Å². The van der Waals surface area contributed by atoms with Crippen molar-refractivity contribution >= 4 is 0 Å². The second kappa shape index (κ2) is 6.59. The Morgan fingerprint density at radius 2 is 1.79 bits per heavy atom. The van der Waals surface area contributed by atoms with Crippen LogP contribution in [-0.2, 0) is 5.41 Å². The first-order valence-electron chi connectivity index (χ1n) is 8.22. The second-order valence-corrected chi connectivity index (χ2v) is 6.93. The zero-order chi connectivity index (χ0) is 13.7. The van der Waals surface area contributed by atoms with E-state index in [1.54, 1.807) is 5.56 Å². The quantitative estimate of drug-likeness (QED) is 0.611. The van der Waals surface area contributed by atoms with Crippen molar-refractivity contribution in [3.63, 3.8) is 0 Å². The SMILES string of the molecule is CCCC(C)CC1(c2ccccc2)CCC(C)CC1. The van der Waals surface area contributed by atoms with E-state index in [-0.39, 0.29) is 0 Å². The second-order valence-electron chi connectivity index (χ2n) is 6.93. The predicted octanol–water partition coefficient (Wildman–Crippen LogP) is 5.96. The van der Waals surface area contributed by atoms with E-state index in [9.17, 15) is 0 Å². The first-order chi connectivity index (χ1) is 9.16. The molecule has 0 nitrogen and oxygen atoms in total. The minimum Gasteiger partial charge on any atom is -0.0654 e. The van der Waals surface area contributed by atoms with E-state index in [0.29, 0.717) is 5.41 Å². The molecule has 2 rings (SSSR count). The maximum Gasteiger partial charge on any atom is -0.00442 e. The maximum absolute atomic E-state index is 2.45. The summed E-state index contributed by atoms with van der Waals surface area (Å²) in [5.74, 6) is 1.79. The highest BCUT2D eigenvalue weighted by Gasteiger charge is 2.36. The van der Waals surface area contributed by atoms with E-state index in [4.69, 9.17) is 0 Å². The van der Waals surface area contributed by atoms with Crippen molar-refractivity contribution < 1.29 is 0 Å². The predicted molar refractivity (Wildman–Crippen MR) is 84.4 cm³/mol. The molecule has 1 aliphatic carbocycles. The number of rotatable bonds is 5. The van der Waals surface area contributed by atoms with Crippen LogP contribution >= 0.6 is 0 Å². The lowest BCUT2D eigenvalue weighted by atomic mass is 9.63. The average Bonchev–Trinajstić information content (AvgIpc) is 2.43. The van der Waals surface area contributed by atoms with Crippen LogP contribution in [0.4, 0.5) is 0 Å². The summed E-state index contributed by atoms with van der Waals surface area (Å²) in [4.78, 5) is 0. The van der Waals surface area contributed by atoms with Crippen LogP contribution in [0.3, 0.4) is 0 Å². The number of benzene rings is 1. The van der Waals surface area contributed by atoms with E-state index in [1.165, 1.54) is 44.9 Å². The van der Waals surface area contributed by atoms with Gasteiger partial charge >= 0.3 is 0 Å². The van der Waals surface area contributed by atoms with Gasteiger partial charge in [-0.25, -0.2) is 0 Å². The van der Waals surface area contributed by atoms with Gasteiger partial charge in [0, 0.05) is 0 Å². The Hall–Kier alpha value is -0.780. The largest absolute Gasteiger partial charge is 0.0654 e. The van der Waals surface area contributed by atoms with Crippen LogP contribution in [-0.4, -0.2) is 0 Å². The van der Waals surface area contributed by atoms with Crippen LogP contribution in [0.5, 0.6) is 0 Å². The zero-order valence-corrected chi connectivity index (χ0v) is 13.0. The molecule has 0 heteroatoms. The number of hydrogen-bond acceptors (Lipinski definition) is 0. The molecule has 0 amide bonds. The third-order valence-electron chi connectivity index (χ3n) is 5.14. The van der Waals surface area contributed by atoms with Crippen LogP contribution < -0.4 is 0 Å². The van der Waals surface area contributed by atoms with Crippen molar-refractivity contribution in [2.24, 2.45) is 11.8 Å². The highest BCUT2D eigenvalue weighted by molar-refractivity contribution is 5.26. The molecule has 0 N–H and O–H groups in total. The summed E-state index contributed by atoms with van der Waals surface area (Å²) in [6.45, 7) is 7.19. The van der Waals surface area contributed by atoms with Gasteiger partial charge in [-0.3, -0.25) is 0 Å². The fraction of sp³-hybridized carbons (Fsp3) is 0.684.